The van der Waals surface area contributed by atoms with Crippen molar-refractivity contribution < 1.29 is 14.3 Å². The monoisotopic (exact) mass is 510 g/mol. The van der Waals surface area contributed by atoms with E-state index in [1.54, 1.807) is 11.5 Å². The number of rotatable bonds is 7. The second-order valence-corrected chi connectivity index (χ2v) is 9.32. The molecule has 1 aromatic heterocycles. The molecule has 1 aliphatic heterocycles. The van der Waals surface area contributed by atoms with Crippen LogP contribution in [0.2, 0.25) is 0 Å². The molecule has 0 saturated carbocycles. The van der Waals surface area contributed by atoms with Gasteiger partial charge in [-0.15, -0.1) is 0 Å². The van der Waals surface area contributed by atoms with Crippen LogP contribution in [-0.4, -0.2) is 23.8 Å². The van der Waals surface area contributed by atoms with E-state index in [9.17, 15) is 9.59 Å². The summed E-state index contributed by atoms with van der Waals surface area (Å²) in [6.07, 6.45) is 1.83. The minimum Gasteiger partial charge on any atom is -0.493 e. The lowest BCUT2D eigenvalue weighted by Crippen LogP contribution is -2.40. The first-order valence-corrected chi connectivity index (χ1v) is 13.0. The zero-order valence-electron chi connectivity index (χ0n) is 20.6. The number of esters is 1. The number of thiazole rings is 1. The summed E-state index contributed by atoms with van der Waals surface area (Å²) >= 11 is 1.29. The van der Waals surface area contributed by atoms with Gasteiger partial charge >= 0.3 is 5.97 Å². The number of nitrogens with zero attached hydrogens (tertiary/aromatic N) is 2. The van der Waals surface area contributed by atoms with E-state index < -0.39 is 12.0 Å². The van der Waals surface area contributed by atoms with Crippen molar-refractivity contribution in [3.05, 3.63) is 127 Å². The number of fused-ring (bicyclic) bond motifs is 1. The lowest BCUT2D eigenvalue weighted by atomic mass is 9.93. The zero-order chi connectivity index (χ0) is 25.8. The van der Waals surface area contributed by atoms with Gasteiger partial charge in [0.25, 0.3) is 5.56 Å². The average Bonchev–Trinajstić information content (AvgIpc) is 3.24. The van der Waals surface area contributed by atoms with Crippen LogP contribution in [0, 0.1) is 0 Å². The van der Waals surface area contributed by atoms with Gasteiger partial charge in [-0.2, -0.15) is 0 Å². The Balaban J connectivity index is 1.81. The van der Waals surface area contributed by atoms with Crippen LogP contribution < -0.4 is 19.6 Å². The minimum atomic E-state index is -0.684. The third-order valence-electron chi connectivity index (χ3n) is 5.99. The number of aromatic nitrogens is 1. The summed E-state index contributed by atoms with van der Waals surface area (Å²) < 4.78 is 13.4. The Bertz CT molecular complexity index is 1640. The number of hydrogen-bond acceptors (Lipinski definition) is 6. The first-order valence-electron chi connectivity index (χ1n) is 12.2. The Kier molecular flexibility index (Phi) is 7.14. The Hall–Kier alpha value is -4.23. The predicted molar refractivity (Wildman–Crippen MR) is 145 cm³/mol. The maximum absolute atomic E-state index is 13.9. The van der Waals surface area contributed by atoms with Crippen LogP contribution in [-0.2, 0) is 9.53 Å². The van der Waals surface area contributed by atoms with Gasteiger partial charge in [0.2, 0.25) is 0 Å². The highest BCUT2D eigenvalue weighted by Gasteiger charge is 2.35. The summed E-state index contributed by atoms with van der Waals surface area (Å²) in [6, 6.07) is 26.0. The number of benzene rings is 3. The topological polar surface area (TPSA) is 69.9 Å². The quantitative estimate of drug-likeness (QED) is 0.347. The molecule has 186 valence electrons. The van der Waals surface area contributed by atoms with Crippen molar-refractivity contribution in [3.63, 3.8) is 0 Å². The van der Waals surface area contributed by atoms with E-state index in [2.05, 4.69) is 0 Å². The number of carbonyl (C=O) groups is 1. The molecule has 2 heterocycles. The first-order chi connectivity index (χ1) is 18.1. The highest BCUT2D eigenvalue weighted by atomic mass is 32.1. The third kappa shape index (κ3) is 4.78. The van der Waals surface area contributed by atoms with Gasteiger partial charge in [-0.25, -0.2) is 9.79 Å². The van der Waals surface area contributed by atoms with Crippen LogP contribution in [0.3, 0.4) is 0 Å². The van der Waals surface area contributed by atoms with E-state index in [1.807, 2.05) is 97.9 Å². The van der Waals surface area contributed by atoms with Gasteiger partial charge < -0.3 is 9.47 Å². The van der Waals surface area contributed by atoms with Crippen molar-refractivity contribution in [2.75, 3.05) is 13.2 Å². The smallest absolute Gasteiger partial charge is 0.338 e. The largest absolute Gasteiger partial charge is 0.493 e. The zero-order valence-corrected chi connectivity index (χ0v) is 21.4. The van der Waals surface area contributed by atoms with Crippen LogP contribution >= 0.6 is 11.3 Å². The van der Waals surface area contributed by atoms with Gasteiger partial charge in [0.05, 0.1) is 35.1 Å². The molecule has 0 amide bonds. The van der Waals surface area contributed by atoms with Crippen LogP contribution in [0.1, 0.15) is 36.6 Å². The molecule has 0 N–H and O–H groups in total. The standard InChI is InChI=1S/C30H26N2O4S/c1-3-35-23-18-12-11-17-22(23)19-24-28(33)32-27(21-15-9-6-10-16-21)25(29(34)36-4-2)26(31-30(32)37-24)20-13-7-5-8-14-20/h5-19,27H,3-4H2,1-2H3/b24-19-/t27-/m0/s1. The van der Waals surface area contributed by atoms with Crippen molar-refractivity contribution in [2.24, 2.45) is 4.99 Å². The van der Waals surface area contributed by atoms with Crippen LogP contribution in [0.4, 0.5) is 0 Å². The Morgan fingerprint density at radius 2 is 1.62 bits per heavy atom. The first kappa shape index (κ1) is 24.5. The maximum atomic E-state index is 13.9. The van der Waals surface area contributed by atoms with E-state index >= 15 is 0 Å². The Labute approximate surface area is 218 Å². The summed E-state index contributed by atoms with van der Waals surface area (Å²) in [5.41, 5.74) is 3.02. The van der Waals surface area contributed by atoms with Crippen LogP contribution in [0.15, 0.2) is 100 Å². The fourth-order valence-electron chi connectivity index (χ4n) is 4.42. The molecule has 4 aromatic rings. The third-order valence-corrected chi connectivity index (χ3v) is 6.98. The molecule has 0 saturated heterocycles. The normalized spacial score (nSPS) is 15.2. The van der Waals surface area contributed by atoms with Crippen molar-refractivity contribution in [2.45, 2.75) is 19.9 Å². The summed E-state index contributed by atoms with van der Waals surface area (Å²) in [7, 11) is 0. The van der Waals surface area contributed by atoms with E-state index in [-0.39, 0.29) is 12.2 Å². The lowest BCUT2D eigenvalue weighted by molar-refractivity contribution is -0.138. The highest BCUT2D eigenvalue weighted by Crippen LogP contribution is 2.35. The van der Waals surface area contributed by atoms with Gasteiger partial charge in [-0.3, -0.25) is 9.36 Å². The molecular formula is C30H26N2O4S. The van der Waals surface area contributed by atoms with Gasteiger partial charge in [0.1, 0.15) is 5.75 Å². The SMILES string of the molecule is CCOC(=O)C1=C(c2ccccc2)N=c2s/c(=C\c3ccccc3OCC)c(=O)n2[C@H]1c1ccccc1. The van der Waals surface area contributed by atoms with Gasteiger partial charge in [-0.05, 0) is 31.6 Å². The predicted octanol–water partition coefficient (Wildman–Crippen LogP) is 4.33. The molecular weight excluding hydrogens is 484 g/mol. The number of para-hydroxylation sites is 1. The summed E-state index contributed by atoms with van der Waals surface area (Å²) in [6.45, 7) is 4.42. The van der Waals surface area contributed by atoms with Gasteiger partial charge in [0, 0.05) is 11.1 Å². The molecule has 0 unspecified atom stereocenters. The van der Waals surface area contributed by atoms with Crippen molar-refractivity contribution in [1.82, 2.24) is 4.57 Å². The van der Waals surface area contributed by atoms with Crippen LogP contribution in [0.25, 0.3) is 11.8 Å². The van der Waals surface area contributed by atoms with Crippen molar-refractivity contribution in [3.8, 4) is 5.75 Å². The molecule has 5 rings (SSSR count). The van der Waals surface area contributed by atoms with Crippen LogP contribution in [0.5, 0.6) is 5.75 Å². The molecule has 0 radical (unpaired) electrons. The number of hydrogen-bond donors (Lipinski definition) is 0. The summed E-state index contributed by atoms with van der Waals surface area (Å²) in [5, 5.41) is 0. The molecule has 1 aliphatic rings. The van der Waals surface area contributed by atoms with Gasteiger partial charge in [0.15, 0.2) is 4.80 Å². The molecule has 7 heteroatoms. The van der Waals surface area contributed by atoms with Crippen molar-refractivity contribution >= 4 is 29.1 Å². The van der Waals surface area contributed by atoms with Gasteiger partial charge in [-0.1, -0.05) is 90.2 Å². The Morgan fingerprint density at radius 1 is 0.946 bits per heavy atom. The fourth-order valence-corrected chi connectivity index (χ4v) is 5.41. The Morgan fingerprint density at radius 3 is 2.32 bits per heavy atom. The number of ether oxygens (including phenoxy) is 2. The van der Waals surface area contributed by atoms with E-state index in [0.29, 0.717) is 33.0 Å². The van der Waals surface area contributed by atoms with Crippen molar-refractivity contribution in [1.29, 1.82) is 0 Å². The molecule has 0 aliphatic carbocycles. The highest BCUT2D eigenvalue weighted by molar-refractivity contribution is 7.07. The molecule has 3 aromatic carbocycles. The summed E-state index contributed by atoms with van der Waals surface area (Å²) in [4.78, 5) is 32.7. The molecule has 37 heavy (non-hydrogen) atoms. The molecule has 0 bridgehead atoms. The number of carbonyl (C=O) groups excluding carboxylic acids is 1. The second-order valence-electron chi connectivity index (χ2n) is 8.31. The van der Waals surface area contributed by atoms with E-state index in [4.69, 9.17) is 14.5 Å². The molecule has 1 atom stereocenters. The maximum Gasteiger partial charge on any atom is 0.338 e. The van der Waals surface area contributed by atoms with E-state index in [0.717, 1.165) is 16.7 Å². The average molecular weight is 511 g/mol. The lowest BCUT2D eigenvalue weighted by Gasteiger charge is -2.25. The molecule has 0 spiro atoms. The fraction of sp³-hybridized carbons (Fsp3) is 0.167. The summed E-state index contributed by atoms with van der Waals surface area (Å²) in [5.74, 6) is 0.211. The second kappa shape index (κ2) is 10.8. The minimum absolute atomic E-state index is 0.213. The van der Waals surface area contributed by atoms with E-state index in [1.165, 1.54) is 11.3 Å². The molecule has 0 fully saturated rings. The molecule has 6 nitrogen and oxygen atoms in total.